The number of carbonyl (C=O) groups is 2. The number of carbonyl (C=O) groups excluding carboxylic acids is 2. The molecule has 0 radical (unpaired) electrons. The highest BCUT2D eigenvalue weighted by molar-refractivity contribution is 5.79. The summed E-state index contributed by atoms with van der Waals surface area (Å²) in [5.74, 6) is 0.350. The Hall–Kier alpha value is -1.78. The molecule has 1 aliphatic heterocycles. The van der Waals surface area contributed by atoms with Crippen molar-refractivity contribution >= 4 is 11.8 Å². The second-order valence-corrected chi connectivity index (χ2v) is 6.10. The summed E-state index contributed by atoms with van der Waals surface area (Å²) in [6.45, 7) is 8.81. The minimum absolute atomic E-state index is 0.166. The Bertz CT molecular complexity index is 562. The zero-order valence-corrected chi connectivity index (χ0v) is 14.2. The second-order valence-electron chi connectivity index (χ2n) is 6.10. The van der Waals surface area contributed by atoms with Crippen LogP contribution in [-0.4, -0.2) is 52.4 Å². The Morgan fingerprint density at radius 3 is 2.14 bits per heavy atom. The van der Waals surface area contributed by atoms with Gasteiger partial charge in [-0.3, -0.25) is 9.59 Å². The summed E-state index contributed by atoms with van der Waals surface area (Å²) in [5, 5.41) is 0. The fourth-order valence-corrected chi connectivity index (χ4v) is 3.03. The molecule has 2 rings (SSSR count). The van der Waals surface area contributed by atoms with E-state index >= 15 is 0 Å². The van der Waals surface area contributed by atoms with E-state index in [2.05, 4.69) is 24.5 Å². The van der Waals surface area contributed by atoms with Gasteiger partial charge in [0.25, 0.3) is 0 Å². The van der Waals surface area contributed by atoms with Crippen molar-refractivity contribution in [3.05, 3.63) is 23.0 Å². The Labute approximate surface area is 132 Å². The quantitative estimate of drug-likeness (QED) is 0.852. The van der Waals surface area contributed by atoms with Crippen LogP contribution in [0.1, 0.15) is 36.7 Å². The number of amides is 2. The first-order chi connectivity index (χ1) is 10.4. The summed E-state index contributed by atoms with van der Waals surface area (Å²) in [7, 11) is 2.03. The zero-order chi connectivity index (χ0) is 16.3. The Kier molecular flexibility index (Phi) is 5.27. The zero-order valence-electron chi connectivity index (χ0n) is 14.2. The number of rotatable bonds is 3. The maximum absolute atomic E-state index is 12.6. The van der Waals surface area contributed by atoms with Gasteiger partial charge in [0.15, 0.2) is 0 Å². The molecule has 0 aromatic carbocycles. The second kappa shape index (κ2) is 6.99. The third-order valence-corrected chi connectivity index (χ3v) is 4.73. The van der Waals surface area contributed by atoms with E-state index < -0.39 is 0 Å². The lowest BCUT2D eigenvalue weighted by Gasteiger charge is -2.22. The molecular formula is C17H27N3O2. The highest BCUT2D eigenvalue weighted by atomic mass is 16.2. The van der Waals surface area contributed by atoms with Gasteiger partial charge in [0.05, 0.1) is 6.42 Å². The minimum Gasteiger partial charge on any atom is -0.352 e. The lowest BCUT2D eigenvalue weighted by Crippen LogP contribution is -2.37. The van der Waals surface area contributed by atoms with Gasteiger partial charge in [-0.25, -0.2) is 0 Å². The molecule has 1 saturated heterocycles. The summed E-state index contributed by atoms with van der Waals surface area (Å²) in [6, 6.07) is 2.10. The van der Waals surface area contributed by atoms with Crippen molar-refractivity contribution in [3.63, 3.8) is 0 Å². The Morgan fingerprint density at radius 1 is 1.05 bits per heavy atom. The van der Waals surface area contributed by atoms with Crippen molar-refractivity contribution in [2.75, 3.05) is 26.2 Å². The van der Waals surface area contributed by atoms with Crippen LogP contribution in [-0.2, 0) is 23.1 Å². The molecule has 1 fully saturated rings. The highest BCUT2D eigenvalue weighted by Gasteiger charge is 2.22. The molecule has 2 amide bonds. The molecule has 122 valence electrons. The highest BCUT2D eigenvalue weighted by Crippen LogP contribution is 2.15. The van der Waals surface area contributed by atoms with Crippen molar-refractivity contribution in [1.29, 1.82) is 0 Å². The molecule has 5 heteroatoms. The topological polar surface area (TPSA) is 45.6 Å². The van der Waals surface area contributed by atoms with Crippen molar-refractivity contribution < 1.29 is 9.59 Å². The van der Waals surface area contributed by atoms with Crippen LogP contribution >= 0.6 is 0 Å². The van der Waals surface area contributed by atoms with E-state index in [-0.39, 0.29) is 11.8 Å². The van der Waals surface area contributed by atoms with E-state index in [4.69, 9.17) is 0 Å². The summed E-state index contributed by atoms with van der Waals surface area (Å²) >= 11 is 0. The third-order valence-electron chi connectivity index (χ3n) is 4.73. The van der Waals surface area contributed by atoms with Gasteiger partial charge in [0.2, 0.25) is 11.8 Å². The van der Waals surface area contributed by atoms with E-state index in [1.54, 1.807) is 0 Å². The number of hydrogen-bond acceptors (Lipinski definition) is 2. The monoisotopic (exact) mass is 305 g/mol. The first kappa shape index (κ1) is 16.6. The number of aryl methyl sites for hydroxylation is 1. The van der Waals surface area contributed by atoms with Crippen LogP contribution < -0.4 is 0 Å². The predicted molar refractivity (Wildman–Crippen MR) is 86.7 cm³/mol. The van der Waals surface area contributed by atoms with Crippen molar-refractivity contribution in [1.82, 2.24) is 14.4 Å². The van der Waals surface area contributed by atoms with Crippen LogP contribution in [0, 0.1) is 13.8 Å². The molecule has 0 spiro atoms. The number of nitrogens with zero attached hydrogens (tertiary/aromatic N) is 3. The van der Waals surface area contributed by atoms with Gasteiger partial charge in [0.1, 0.15) is 0 Å². The van der Waals surface area contributed by atoms with Gasteiger partial charge in [-0.2, -0.15) is 0 Å². The molecule has 1 aliphatic rings. The number of aromatic nitrogens is 1. The third kappa shape index (κ3) is 3.51. The van der Waals surface area contributed by atoms with Gasteiger partial charge < -0.3 is 14.4 Å². The fraction of sp³-hybridized carbons (Fsp3) is 0.647. The molecule has 2 heterocycles. The van der Waals surface area contributed by atoms with Crippen LogP contribution in [0.15, 0.2) is 6.07 Å². The number of hydrogen-bond donors (Lipinski definition) is 0. The van der Waals surface area contributed by atoms with E-state index in [1.807, 2.05) is 23.8 Å². The molecule has 0 saturated carbocycles. The van der Waals surface area contributed by atoms with Crippen molar-refractivity contribution in [3.8, 4) is 0 Å². The van der Waals surface area contributed by atoms with Gasteiger partial charge >= 0.3 is 0 Å². The van der Waals surface area contributed by atoms with Crippen LogP contribution in [0.25, 0.3) is 0 Å². The largest absolute Gasteiger partial charge is 0.352 e. The van der Waals surface area contributed by atoms with Gasteiger partial charge in [-0.1, -0.05) is 6.92 Å². The van der Waals surface area contributed by atoms with Crippen molar-refractivity contribution in [2.45, 2.75) is 40.0 Å². The van der Waals surface area contributed by atoms with E-state index in [1.165, 1.54) is 5.69 Å². The minimum atomic E-state index is 0.166. The summed E-state index contributed by atoms with van der Waals surface area (Å²) in [6.07, 6.45) is 1.86. The van der Waals surface area contributed by atoms with E-state index in [0.717, 1.165) is 30.8 Å². The molecular weight excluding hydrogens is 278 g/mol. The molecule has 0 bridgehead atoms. The summed E-state index contributed by atoms with van der Waals surface area (Å²) in [5.41, 5.74) is 3.44. The van der Waals surface area contributed by atoms with Crippen LogP contribution in [0.4, 0.5) is 0 Å². The molecule has 0 aliphatic carbocycles. The van der Waals surface area contributed by atoms with Crippen LogP contribution in [0.2, 0.25) is 0 Å². The molecule has 0 atom stereocenters. The Balaban J connectivity index is 1.98. The maximum Gasteiger partial charge on any atom is 0.227 e. The SMILES string of the molecule is CCC(=O)N1CCCN(C(=O)Cc2cc(C)n(C)c2C)CC1. The molecule has 0 unspecified atom stereocenters. The predicted octanol–water partition coefficient (Wildman–Crippen LogP) is 1.66. The summed E-state index contributed by atoms with van der Waals surface area (Å²) < 4.78 is 2.12. The first-order valence-electron chi connectivity index (χ1n) is 8.11. The Morgan fingerprint density at radius 2 is 1.64 bits per heavy atom. The van der Waals surface area contributed by atoms with Crippen molar-refractivity contribution in [2.24, 2.45) is 7.05 Å². The maximum atomic E-state index is 12.6. The van der Waals surface area contributed by atoms with Gasteiger partial charge in [0, 0.05) is 51.0 Å². The molecule has 1 aromatic heterocycles. The average molecular weight is 305 g/mol. The van der Waals surface area contributed by atoms with E-state index in [9.17, 15) is 9.59 Å². The van der Waals surface area contributed by atoms with Crippen LogP contribution in [0.5, 0.6) is 0 Å². The molecule has 22 heavy (non-hydrogen) atoms. The van der Waals surface area contributed by atoms with Crippen LogP contribution in [0.3, 0.4) is 0 Å². The molecule has 0 N–H and O–H groups in total. The summed E-state index contributed by atoms with van der Waals surface area (Å²) in [4.78, 5) is 28.1. The lowest BCUT2D eigenvalue weighted by atomic mass is 10.1. The van der Waals surface area contributed by atoms with Gasteiger partial charge in [-0.05, 0) is 31.9 Å². The average Bonchev–Trinajstić information content (AvgIpc) is 2.72. The standard InChI is InChI=1S/C17H27N3O2/c1-5-16(21)19-7-6-8-20(10-9-19)17(22)12-15-11-13(2)18(4)14(15)3/h11H,5-10,12H2,1-4H3. The van der Waals surface area contributed by atoms with Gasteiger partial charge in [-0.15, -0.1) is 0 Å². The molecule has 1 aromatic rings. The first-order valence-corrected chi connectivity index (χ1v) is 8.11. The fourth-order valence-electron chi connectivity index (χ4n) is 3.03. The normalized spacial score (nSPS) is 15.8. The smallest absolute Gasteiger partial charge is 0.227 e. The van der Waals surface area contributed by atoms with E-state index in [0.29, 0.717) is 25.9 Å². The molecule has 5 nitrogen and oxygen atoms in total. The lowest BCUT2D eigenvalue weighted by molar-refractivity contribution is -0.133.